The van der Waals surface area contributed by atoms with Crippen molar-refractivity contribution in [1.29, 1.82) is 0 Å². The Hall–Kier alpha value is -1.31. The van der Waals surface area contributed by atoms with E-state index in [0.717, 1.165) is 16.0 Å². The van der Waals surface area contributed by atoms with E-state index in [-0.39, 0.29) is 11.4 Å². The molecular weight excluding hydrogens is 299 g/mol. The number of sulfonamides is 1. The van der Waals surface area contributed by atoms with Gasteiger partial charge in [0.15, 0.2) is 0 Å². The summed E-state index contributed by atoms with van der Waals surface area (Å²) >= 11 is 1.54. The highest BCUT2D eigenvalue weighted by molar-refractivity contribution is 7.89. The number of halogens is 1. The van der Waals surface area contributed by atoms with E-state index in [4.69, 9.17) is 0 Å². The molecule has 0 atom stereocenters. The van der Waals surface area contributed by atoms with Gasteiger partial charge in [-0.05, 0) is 37.6 Å². The first kappa shape index (κ1) is 15.1. The van der Waals surface area contributed by atoms with Gasteiger partial charge < -0.3 is 0 Å². The van der Waals surface area contributed by atoms with Crippen LogP contribution >= 0.6 is 11.3 Å². The summed E-state index contributed by atoms with van der Waals surface area (Å²) in [6.07, 6.45) is 2.30. The van der Waals surface area contributed by atoms with Gasteiger partial charge in [0.2, 0.25) is 10.0 Å². The van der Waals surface area contributed by atoms with Crippen molar-refractivity contribution in [3.05, 3.63) is 45.7 Å². The van der Waals surface area contributed by atoms with Crippen LogP contribution in [0.2, 0.25) is 0 Å². The molecule has 0 spiro atoms. The molecule has 4 nitrogen and oxygen atoms in total. The molecule has 1 aromatic heterocycles. The van der Waals surface area contributed by atoms with Crippen LogP contribution in [0.25, 0.3) is 0 Å². The minimum atomic E-state index is -3.60. The molecular formula is C13H15FN2O2S2. The van der Waals surface area contributed by atoms with Crippen molar-refractivity contribution in [2.24, 2.45) is 0 Å². The van der Waals surface area contributed by atoms with Crippen LogP contribution in [0.3, 0.4) is 0 Å². The molecule has 0 aliphatic rings. The quantitative estimate of drug-likeness (QED) is 0.922. The van der Waals surface area contributed by atoms with Crippen LogP contribution in [0.1, 0.15) is 15.4 Å². The van der Waals surface area contributed by atoms with Gasteiger partial charge in [-0.1, -0.05) is 0 Å². The number of benzene rings is 1. The zero-order valence-electron chi connectivity index (χ0n) is 11.2. The average Bonchev–Trinajstić information content (AvgIpc) is 2.78. The van der Waals surface area contributed by atoms with E-state index in [2.05, 4.69) is 9.71 Å². The summed E-state index contributed by atoms with van der Waals surface area (Å²) in [6.45, 7) is 3.76. The largest absolute Gasteiger partial charge is 0.249 e. The Bertz CT molecular complexity index is 711. The summed E-state index contributed by atoms with van der Waals surface area (Å²) in [5.74, 6) is -0.415. The Kier molecular flexibility index (Phi) is 4.52. The summed E-state index contributed by atoms with van der Waals surface area (Å²) in [4.78, 5) is 5.34. The maximum absolute atomic E-state index is 13.1. The number of nitrogens with one attached hydrogen (secondary N) is 1. The van der Waals surface area contributed by atoms with Crippen LogP contribution in [0, 0.1) is 19.7 Å². The Morgan fingerprint density at radius 2 is 2.10 bits per heavy atom. The number of nitrogens with zero attached hydrogens (tertiary/aromatic N) is 1. The number of rotatable bonds is 5. The molecule has 0 bridgehead atoms. The summed E-state index contributed by atoms with van der Waals surface area (Å²) in [5, 5.41) is 0.889. The van der Waals surface area contributed by atoms with E-state index in [0.29, 0.717) is 12.0 Å². The molecule has 0 saturated carbocycles. The van der Waals surface area contributed by atoms with Crippen LogP contribution < -0.4 is 4.72 Å². The molecule has 2 aromatic rings. The number of aromatic nitrogens is 1. The third-order valence-electron chi connectivity index (χ3n) is 2.74. The van der Waals surface area contributed by atoms with E-state index in [1.807, 2.05) is 6.92 Å². The Labute approximate surface area is 121 Å². The Morgan fingerprint density at radius 3 is 2.70 bits per heavy atom. The number of hydrogen-bond donors (Lipinski definition) is 1. The molecule has 1 aromatic carbocycles. The first-order valence-electron chi connectivity index (χ1n) is 6.05. The first-order valence-corrected chi connectivity index (χ1v) is 8.35. The molecule has 0 aliphatic carbocycles. The monoisotopic (exact) mass is 314 g/mol. The number of hydrogen-bond acceptors (Lipinski definition) is 4. The van der Waals surface area contributed by atoms with Crippen molar-refractivity contribution in [3.8, 4) is 0 Å². The molecule has 0 fully saturated rings. The molecule has 0 radical (unpaired) electrons. The average molecular weight is 314 g/mol. The minimum absolute atomic E-state index is 0.0757. The zero-order valence-corrected chi connectivity index (χ0v) is 12.8. The third kappa shape index (κ3) is 3.62. The normalized spacial score (nSPS) is 11.8. The minimum Gasteiger partial charge on any atom is -0.249 e. The fourth-order valence-electron chi connectivity index (χ4n) is 1.68. The van der Waals surface area contributed by atoms with Gasteiger partial charge in [0.1, 0.15) is 5.82 Å². The van der Waals surface area contributed by atoms with E-state index in [9.17, 15) is 12.8 Å². The lowest BCUT2D eigenvalue weighted by molar-refractivity contribution is 0.580. The zero-order chi connectivity index (χ0) is 14.8. The van der Waals surface area contributed by atoms with E-state index in [1.54, 1.807) is 17.5 Å². The van der Waals surface area contributed by atoms with E-state index in [1.165, 1.54) is 19.1 Å². The lowest BCUT2D eigenvalue weighted by atomic mass is 10.2. The molecule has 0 unspecified atom stereocenters. The number of aryl methyl sites for hydroxylation is 2. The van der Waals surface area contributed by atoms with E-state index >= 15 is 0 Å². The topological polar surface area (TPSA) is 59.1 Å². The van der Waals surface area contributed by atoms with Crippen molar-refractivity contribution in [1.82, 2.24) is 9.71 Å². The third-order valence-corrected chi connectivity index (χ3v) is 5.17. The van der Waals surface area contributed by atoms with Gasteiger partial charge in [-0.15, -0.1) is 11.3 Å². The summed E-state index contributed by atoms with van der Waals surface area (Å²) in [5.41, 5.74) is 0.309. The van der Waals surface area contributed by atoms with Crippen molar-refractivity contribution in [3.63, 3.8) is 0 Å². The van der Waals surface area contributed by atoms with Gasteiger partial charge in [0, 0.05) is 24.0 Å². The van der Waals surface area contributed by atoms with Gasteiger partial charge in [-0.3, -0.25) is 0 Å². The number of thiazole rings is 1. The second-order valence-electron chi connectivity index (χ2n) is 4.42. The van der Waals surface area contributed by atoms with Gasteiger partial charge in [0.25, 0.3) is 0 Å². The highest BCUT2D eigenvalue weighted by atomic mass is 32.2. The highest BCUT2D eigenvalue weighted by Crippen LogP contribution is 2.15. The molecule has 0 aliphatic heterocycles. The molecule has 20 heavy (non-hydrogen) atoms. The first-order chi connectivity index (χ1) is 9.38. The summed E-state index contributed by atoms with van der Waals surface area (Å²) in [6, 6.07) is 3.75. The van der Waals surface area contributed by atoms with Gasteiger partial charge in [0.05, 0.1) is 9.90 Å². The lowest BCUT2D eigenvalue weighted by Crippen LogP contribution is -2.26. The second kappa shape index (κ2) is 5.99. The SMILES string of the molecule is Cc1cnc(CCNS(=O)(=O)c2ccc(F)c(C)c2)s1. The Balaban J connectivity index is 2.02. The molecule has 108 valence electrons. The lowest BCUT2D eigenvalue weighted by Gasteiger charge is -2.07. The van der Waals surface area contributed by atoms with Crippen LogP contribution in [0.4, 0.5) is 4.39 Å². The van der Waals surface area contributed by atoms with E-state index < -0.39 is 15.8 Å². The molecule has 7 heteroatoms. The predicted octanol–water partition coefficient (Wildman–Crippen LogP) is 2.42. The maximum atomic E-state index is 13.1. The second-order valence-corrected chi connectivity index (χ2v) is 7.51. The molecule has 0 amide bonds. The molecule has 0 saturated heterocycles. The van der Waals surface area contributed by atoms with Crippen LogP contribution in [-0.2, 0) is 16.4 Å². The fraction of sp³-hybridized carbons (Fsp3) is 0.308. The summed E-state index contributed by atoms with van der Waals surface area (Å²) < 4.78 is 39.7. The standard InChI is InChI=1S/C13H15FN2O2S2/c1-9-7-11(3-4-12(9)14)20(17,18)16-6-5-13-15-8-10(2)19-13/h3-4,7-8,16H,5-6H2,1-2H3. The fourth-order valence-corrected chi connectivity index (χ4v) is 3.58. The Morgan fingerprint density at radius 1 is 1.35 bits per heavy atom. The molecule has 1 heterocycles. The van der Waals surface area contributed by atoms with Gasteiger partial charge in [-0.2, -0.15) is 0 Å². The van der Waals surface area contributed by atoms with Gasteiger partial charge in [-0.25, -0.2) is 22.5 Å². The maximum Gasteiger partial charge on any atom is 0.240 e. The van der Waals surface area contributed by atoms with Gasteiger partial charge >= 0.3 is 0 Å². The summed E-state index contributed by atoms with van der Waals surface area (Å²) in [7, 11) is -3.60. The molecule has 1 N–H and O–H groups in total. The van der Waals surface area contributed by atoms with Crippen LogP contribution in [0.15, 0.2) is 29.3 Å². The smallest absolute Gasteiger partial charge is 0.240 e. The predicted molar refractivity (Wildman–Crippen MR) is 76.9 cm³/mol. The van der Waals surface area contributed by atoms with Crippen molar-refractivity contribution in [2.75, 3.05) is 6.54 Å². The van der Waals surface area contributed by atoms with Crippen molar-refractivity contribution in [2.45, 2.75) is 25.2 Å². The van der Waals surface area contributed by atoms with Crippen molar-refractivity contribution < 1.29 is 12.8 Å². The highest BCUT2D eigenvalue weighted by Gasteiger charge is 2.14. The molecule has 2 rings (SSSR count). The van der Waals surface area contributed by atoms with Crippen LogP contribution in [-0.4, -0.2) is 19.9 Å². The van der Waals surface area contributed by atoms with Crippen molar-refractivity contribution >= 4 is 21.4 Å². The van der Waals surface area contributed by atoms with Crippen LogP contribution in [0.5, 0.6) is 0 Å².